The van der Waals surface area contributed by atoms with Crippen LogP contribution in [0.25, 0.3) is 10.9 Å². The standard InChI is InChI=1S/C8H6N2O2/c11-8-2-4-10(12)7-1-3-9-5-6(7)8/h1-5,12H. The van der Waals surface area contributed by atoms with Crippen molar-refractivity contribution in [3.8, 4) is 0 Å². The van der Waals surface area contributed by atoms with Gasteiger partial charge in [0.25, 0.3) is 0 Å². The van der Waals surface area contributed by atoms with Gasteiger partial charge in [0.1, 0.15) is 0 Å². The smallest absolute Gasteiger partial charge is 0.191 e. The molecule has 0 radical (unpaired) electrons. The van der Waals surface area contributed by atoms with E-state index in [1.54, 1.807) is 6.07 Å². The molecule has 0 amide bonds. The quantitative estimate of drug-likeness (QED) is 0.578. The van der Waals surface area contributed by atoms with E-state index < -0.39 is 0 Å². The highest BCUT2D eigenvalue weighted by molar-refractivity contribution is 5.76. The molecule has 4 heteroatoms. The van der Waals surface area contributed by atoms with Gasteiger partial charge < -0.3 is 5.21 Å². The predicted molar refractivity (Wildman–Crippen MR) is 43.2 cm³/mol. The molecule has 0 aliphatic carbocycles. The first kappa shape index (κ1) is 6.84. The van der Waals surface area contributed by atoms with Gasteiger partial charge in [-0.15, -0.1) is 0 Å². The maximum absolute atomic E-state index is 11.2. The fraction of sp³-hybridized carbons (Fsp3) is 0. The Hall–Kier alpha value is -1.84. The minimum absolute atomic E-state index is 0.136. The lowest BCUT2D eigenvalue weighted by Crippen LogP contribution is -2.05. The van der Waals surface area contributed by atoms with Crippen molar-refractivity contribution in [3.05, 3.63) is 40.9 Å². The fourth-order valence-corrected chi connectivity index (χ4v) is 1.09. The third-order valence-electron chi connectivity index (χ3n) is 1.68. The van der Waals surface area contributed by atoms with E-state index in [1.807, 2.05) is 0 Å². The first-order valence-corrected chi connectivity index (χ1v) is 3.44. The summed E-state index contributed by atoms with van der Waals surface area (Å²) >= 11 is 0. The molecule has 2 aromatic heterocycles. The highest BCUT2D eigenvalue weighted by Crippen LogP contribution is 2.04. The van der Waals surface area contributed by atoms with Crippen LogP contribution in [0.4, 0.5) is 0 Å². The molecule has 0 bridgehead atoms. The van der Waals surface area contributed by atoms with Gasteiger partial charge in [0.2, 0.25) is 0 Å². The fourth-order valence-electron chi connectivity index (χ4n) is 1.09. The highest BCUT2D eigenvalue weighted by Gasteiger charge is 1.99. The van der Waals surface area contributed by atoms with E-state index in [0.29, 0.717) is 10.9 Å². The second kappa shape index (κ2) is 2.34. The van der Waals surface area contributed by atoms with E-state index in [0.717, 1.165) is 4.73 Å². The summed E-state index contributed by atoms with van der Waals surface area (Å²) in [5, 5.41) is 9.66. The topological polar surface area (TPSA) is 55.1 Å². The largest absolute Gasteiger partial charge is 0.428 e. The van der Waals surface area contributed by atoms with E-state index in [-0.39, 0.29) is 5.43 Å². The molecule has 2 heterocycles. The van der Waals surface area contributed by atoms with Crippen LogP contribution in [-0.4, -0.2) is 14.9 Å². The lowest BCUT2D eigenvalue weighted by molar-refractivity contribution is 0.198. The number of hydrogen-bond donors (Lipinski definition) is 1. The monoisotopic (exact) mass is 162 g/mol. The molecule has 0 aromatic carbocycles. The van der Waals surface area contributed by atoms with Crippen molar-refractivity contribution < 1.29 is 5.21 Å². The van der Waals surface area contributed by atoms with Gasteiger partial charge in [-0.2, -0.15) is 4.73 Å². The van der Waals surface area contributed by atoms with Crippen LogP contribution in [0.5, 0.6) is 0 Å². The van der Waals surface area contributed by atoms with Gasteiger partial charge in [-0.05, 0) is 6.07 Å². The highest BCUT2D eigenvalue weighted by atomic mass is 16.5. The van der Waals surface area contributed by atoms with E-state index in [1.165, 1.54) is 24.7 Å². The molecule has 2 rings (SSSR count). The Labute approximate surface area is 67.7 Å². The van der Waals surface area contributed by atoms with E-state index in [9.17, 15) is 10.0 Å². The third-order valence-corrected chi connectivity index (χ3v) is 1.68. The number of pyridine rings is 2. The van der Waals surface area contributed by atoms with Crippen LogP contribution in [0.1, 0.15) is 0 Å². The van der Waals surface area contributed by atoms with Gasteiger partial charge in [0.15, 0.2) is 5.43 Å². The van der Waals surface area contributed by atoms with Crippen molar-refractivity contribution in [1.29, 1.82) is 0 Å². The maximum Gasteiger partial charge on any atom is 0.191 e. The molecule has 0 aliphatic heterocycles. The normalized spacial score (nSPS) is 10.3. The molecule has 0 saturated heterocycles. The van der Waals surface area contributed by atoms with Gasteiger partial charge >= 0.3 is 0 Å². The number of aromatic nitrogens is 2. The lowest BCUT2D eigenvalue weighted by atomic mass is 10.3. The van der Waals surface area contributed by atoms with Crippen LogP contribution in [0.3, 0.4) is 0 Å². The molecule has 60 valence electrons. The second-order valence-electron chi connectivity index (χ2n) is 2.42. The SMILES string of the molecule is O=c1ccn(O)c2ccncc12. The molecule has 2 aromatic rings. The average Bonchev–Trinajstić information content (AvgIpc) is 2.12. The van der Waals surface area contributed by atoms with Crippen molar-refractivity contribution in [3.63, 3.8) is 0 Å². The molecule has 0 spiro atoms. The molecule has 1 N–H and O–H groups in total. The Morgan fingerprint density at radius 3 is 3.00 bits per heavy atom. The van der Waals surface area contributed by atoms with Crippen LogP contribution in [0, 0.1) is 0 Å². The molecule has 4 nitrogen and oxygen atoms in total. The summed E-state index contributed by atoms with van der Waals surface area (Å²) in [6.07, 6.45) is 4.27. The third kappa shape index (κ3) is 0.852. The molecular weight excluding hydrogens is 156 g/mol. The zero-order valence-corrected chi connectivity index (χ0v) is 6.14. The summed E-state index contributed by atoms with van der Waals surface area (Å²) in [5.41, 5.74) is 0.334. The van der Waals surface area contributed by atoms with Crippen molar-refractivity contribution in [1.82, 2.24) is 9.71 Å². The summed E-state index contributed by atoms with van der Waals surface area (Å²) in [6, 6.07) is 2.88. The molecule has 12 heavy (non-hydrogen) atoms. The number of fused-ring (bicyclic) bond motifs is 1. The Morgan fingerprint density at radius 2 is 2.25 bits per heavy atom. The maximum atomic E-state index is 11.2. The molecule has 0 unspecified atom stereocenters. The van der Waals surface area contributed by atoms with Crippen molar-refractivity contribution in [2.24, 2.45) is 0 Å². The second-order valence-corrected chi connectivity index (χ2v) is 2.42. The van der Waals surface area contributed by atoms with Gasteiger partial charge in [-0.1, -0.05) is 0 Å². The van der Waals surface area contributed by atoms with Crippen LogP contribution < -0.4 is 5.43 Å². The Morgan fingerprint density at radius 1 is 1.42 bits per heavy atom. The number of rotatable bonds is 0. The summed E-state index contributed by atoms with van der Waals surface area (Å²) in [7, 11) is 0. The molecule has 0 atom stereocenters. The predicted octanol–water partition coefficient (Wildman–Crippen LogP) is 0.634. The van der Waals surface area contributed by atoms with Crippen molar-refractivity contribution in [2.45, 2.75) is 0 Å². The zero-order chi connectivity index (χ0) is 8.55. The van der Waals surface area contributed by atoms with Crippen LogP contribution >= 0.6 is 0 Å². The molecule has 0 aliphatic rings. The molecule has 0 saturated carbocycles. The Kier molecular flexibility index (Phi) is 1.33. The first-order chi connectivity index (χ1) is 5.79. The van der Waals surface area contributed by atoms with Gasteiger partial charge in [0, 0.05) is 24.7 Å². The minimum Gasteiger partial charge on any atom is -0.428 e. The van der Waals surface area contributed by atoms with Crippen LogP contribution in [0.2, 0.25) is 0 Å². The summed E-state index contributed by atoms with van der Waals surface area (Å²) < 4.78 is 0.901. The van der Waals surface area contributed by atoms with Gasteiger partial charge in [-0.25, -0.2) is 0 Å². The molecular formula is C8H6N2O2. The van der Waals surface area contributed by atoms with Crippen LogP contribution in [-0.2, 0) is 0 Å². The Bertz CT molecular complexity index is 476. The number of nitrogens with zero attached hydrogens (tertiary/aromatic N) is 2. The van der Waals surface area contributed by atoms with E-state index in [4.69, 9.17) is 0 Å². The minimum atomic E-state index is -0.136. The average molecular weight is 162 g/mol. The zero-order valence-electron chi connectivity index (χ0n) is 6.14. The summed E-state index contributed by atoms with van der Waals surface area (Å²) in [6.45, 7) is 0. The summed E-state index contributed by atoms with van der Waals surface area (Å²) in [4.78, 5) is 15.0. The van der Waals surface area contributed by atoms with Crippen molar-refractivity contribution >= 4 is 10.9 Å². The lowest BCUT2D eigenvalue weighted by Gasteiger charge is -2.00. The van der Waals surface area contributed by atoms with E-state index >= 15 is 0 Å². The van der Waals surface area contributed by atoms with E-state index in [2.05, 4.69) is 4.98 Å². The molecule has 0 fully saturated rings. The number of hydrogen-bond acceptors (Lipinski definition) is 3. The van der Waals surface area contributed by atoms with Gasteiger partial charge in [-0.3, -0.25) is 9.78 Å². The summed E-state index contributed by atoms with van der Waals surface area (Å²) in [5.74, 6) is 0. The first-order valence-electron chi connectivity index (χ1n) is 3.44. The van der Waals surface area contributed by atoms with Gasteiger partial charge in [0.05, 0.1) is 10.9 Å². The Balaban J connectivity index is 3.05. The van der Waals surface area contributed by atoms with Crippen molar-refractivity contribution in [2.75, 3.05) is 0 Å². The van der Waals surface area contributed by atoms with Crippen LogP contribution in [0.15, 0.2) is 35.5 Å².